The zero-order chi connectivity index (χ0) is 18.0. The van der Waals surface area contributed by atoms with Crippen LogP contribution in [-0.4, -0.2) is 43.3 Å². The van der Waals surface area contributed by atoms with Crippen molar-refractivity contribution in [3.8, 4) is 5.75 Å². The lowest BCUT2D eigenvalue weighted by Gasteiger charge is -2.23. The van der Waals surface area contributed by atoms with Gasteiger partial charge in [-0.2, -0.15) is 0 Å². The van der Waals surface area contributed by atoms with Crippen LogP contribution in [0, 0.1) is 5.82 Å². The third-order valence-electron chi connectivity index (χ3n) is 5.37. The molecule has 138 valence electrons. The molecule has 2 aromatic carbocycles. The quantitative estimate of drug-likeness (QED) is 0.886. The molecule has 0 aromatic heterocycles. The molecular weight excluding hydrogens is 331 g/mol. The highest BCUT2D eigenvalue weighted by atomic mass is 19.1. The van der Waals surface area contributed by atoms with Crippen molar-refractivity contribution in [3.05, 3.63) is 59.9 Å². The van der Waals surface area contributed by atoms with E-state index in [-0.39, 0.29) is 17.5 Å². The van der Waals surface area contributed by atoms with Crippen LogP contribution in [0.15, 0.2) is 48.5 Å². The molecule has 2 aliphatic rings. The van der Waals surface area contributed by atoms with Crippen molar-refractivity contribution in [2.45, 2.75) is 31.0 Å². The predicted octanol–water partition coefficient (Wildman–Crippen LogP) is 3.68. The van der Waals surface area contributed by atoms with Crippen molar-refractivity contribution in [2.24, 2.45) is 0 Å². The minimum absolute atomic E-state index is 0.0720. The summed E-state index contributed by atoms with van der Waals surface area (Å²) in [5.41, 5.74) is 2.04. The van der Waals surface area contributed by atoms with E-state index < -0.39 is 0 Å². The third-order valence-corrected chi connectivity index (χ3v) is 5.37. The van der Waals surface area contributed by atoms with Crippen LogP contribution in [0.5, 0.6) is 5.75 Å². The van der Waals surface area contributed by atoms with Gasteiger partial charge in [-0.15, -0.1) is 0 Å². The van der Waals surface area contributed by atoms with Gasteiger partial charge in [-0.3, -0.25) is 4.90 Å². The maximum absolute atomic E-state index is 13.4. The number of halogens is 1. The lowest BCUT2D eigenvalue weighted by atomic mass is 9.97. The van der Waals surface area contributed by atoms with Crippen molar-refractivity contribution in [3.63, 3.8) is 0 Å². The lowest BCUT2D eigenvalue weighted by molar-refractivity contribution is 0.0120. The summed E-state index contributed by atoms with van der Waals surface area (Å²) >= 11 is 0. The van der Waals surface area contributed by atoms with Crippen LogP contribution in [0.1, 0.15) is 18.4 Å². The Balaban J connectivity index is 1.32. The Morgan fingerprint density at radius 2 is 2.12 bits per heavy atom. The van der Waals surface area contributed by atoms with E-state index >= 15 is 0 Å². The Bertz CT molecular complexity index is 752. The summed E-state index contributed by atoms with van der Waals surface area (Å²) in [6.45, 7) is 3.59. The fraction of sp³-hybridized carbons (Fsp3) is 0.429. The molecule has 1 N–H and O–H groups in total. The zero-order valence-electron chi connectivity index (χ0n) is 15.1. The summed E-state index contributed by atoms with van der Waals surface area (Å²) in [6.07, 6.45) is 2.01. The Morgan fingerprint density at radius 1 is 1.27 bits per heavy atom. The Labute approximate surface area is 153 Å². The lowest BCUT2D eigenvalue weighted by Crippen LogP contribution is -2.33. The standard InChI is InChI=1S/C21H25FN2O2/c1-25-20-7-5-16(6-8-20)13-24-10-9-21(15-24)12-19(14-26-21)23-18-4-2-3-17(22)11-18/h2-8,11,19,23H,9-10,12-15H2,1H3/t19-,21-/m0/s1. The van der Waals surface area contributed by atoms with Crippen molar-refractivity contribution >= 4 is 5.69 Å². The Kier molecular flexibility index (Phi) is 4.83. The SMILES string of the molecule is COc1ccc(CN2CC[C@]3(C[C@H](Nc4cccc(F)c4)CO3)C2)cc1. The van der Waals surface area contributed by atoms with Crippen molar-refractivity contribution in [2.75, 3.05) is 32.1 Å². The molecule has 2 aliphatic heterocycles. The van der Waals surface area contributed by atoms with Crippen LogP contribution in [0.3, 0.4) is 0 Å². The second-order valence-corrected chi connectivity index (χ2v) is 7.36. The van der Waals surface area contributed by atoms with Crippen LogP contribution in [0.25, 0.3) is 0 Å². The van der Waals surface area contributed by atoms with Gasteiger partial charge in [-0.05, 0) is 42.3 Å². The predicted molar refractivity (Wildman–Crippen MR) is 100.0 cm³/mol. The molecule has 2 saturated heterocycles. The highest BCUT2D eigenvalue weighted by molar-refractivity contribution is 5.44. The number of hydrogen-bond acceptors (Lipinski definition) is 4. The van der Waals surface area contributed by atoms with E-state index in [4.69, 9.17) is 9.47 Å². The number of rotatable bonds is 5. The third kappa shape index (κ3) is 3.84. The highest BCUT2D eigenvalue weighted by Gasteiger charge is 2.45. The van der Waals surface area contributed by atoms with E-state index in [0.717, 1.165) is 43.9 Å². The number of nitrogens with one attached hydrogen (secondary N) is 1. The van der Waals surface area contributed by atoms with Crippen molar-refractivity contribution in [1.29, 1.82) is 0 Å². The van der Waals surface area contributed by atoms with E-state index in [2.05, 4.69) is 22.3 Å². The molecule has 2 heterocycles. The van der Waals surface area contributed by atoms with Gasteiger partial charge >= 0.3 is 0 Å². The summed E-state index contributed by atoms with van der Waals surface area (Å²) in [5, 5.41) is 3.41. The van der Waals surface area contributed by atoms with Gasteiger partial charge in [-0.1, -0.05) is 18.2 Å². The van der Waals surface area contributed by atoms with Gasteiger partial charge in [0.25, 0.3) is 0 Å². The summed E-state index contributed by atoms with van der Waals surface area (Å²) in [5.74, 6) is 0.673. The van der Waals surface area contributed by atoms with E-state index in [0.29, 0.717) is 6.61 Å². The molecule has 2 fully saturated rings. The van der Waals surface area contributed by atoms with Crippen LogP contribution in [0.2, 0.25) is 0 Å². The fourth-order valence-corrected chi connectivity index (χ4v) is 4.09. The average Bonchev–Trinajstić information content (AvgIpc) is 3.22. The van der Waals surface area contributed by atoms with E-state index in [1.54, 1.807) is 13.2 Å². The minimum atomic E-state index is -0.213. The van der Waals surface area contributed by atoms with Gasteiger partial charge < -0.3 is 14.8 Å². The van der Waals surface area contributed by atoms with Crippen LogP contribution in [-0.2, 0) is 11.3 Å². The number of hydrogen-bond donors (Lipinski definition) is 1. The second-order valence-electron chi connectivity index (χ2n) is 7.36. The molecular formula is C21H25FN2O2. The number of anilines is 1. The largest absolute Gasteiger partial charge is 0.497 e. The fourth-order valence-electron chi connectivity index (χ4n) is 4.09. The zero-order valence-corrected chi connectivity index (χ0v) is 15.1. The van der Waals surface area contributed by atoms with Gasteiger partial charge in [-0.25, -0.2) is 4.39 Å². The molecule has 0 bridgehead atoms. The molecule has 0 saturated carbocycles. The van der Waals surface area contributed by atoms with Crippen molar-refractivity contribution in [1.82, 2.24) is 4.90 Å². The van der Waals surface area contributed by atoms with Gasteiger partial charge in [0, 0.05) is 31.7 Å². The van der Waals surface area contributed by atoms with Gasteiger partial charge in [0.2, 0.25) is 0 Å². The average molecular weight is 356 g/mol. The molecule has 0 unspecified atom stereocenters. The number of likely N-dealkylation sites (tertiary alicyclic amines) is 1. The van der Waals surface area contributed by atoms with E-state index in [1.807, 2.05) is 18.2 Å². The number of benzene rings is 2. The van der Waals surface area contributed by atoms with Crippen LogP contribution >= 0.6 is 0 Å². The summed E-state index contributed by atoms with van der Waals surface area (Å²) < 4.78 is 24.8. The Morgan fingerprint density at radius 3 is 2.88 bits per heavy atom. The first-order valence-corrected chi connectivity index (χ1v) is 9.15. The van der Waals surface area contributed by atoms with Gasteiger partial charge in [0.15, 0.2) is 0 Å². The van der Waals surface area contributed by atoms with Crippen LogP contribution < -0.4 is 10.1 Å². The molecule has 1 spiro atoms. The smallest absolute Gasteiger partial charge is 0.125 e. The molecule has 2 atom stereocenters. The summed E-state index contributed by atoms with van der Waals surface area (Å²) in [7, 11) is 1.69. The number of ether oxygens (including phenoxy) is 2. The number of nitrogens with zero attached hydrogens (tertiary/aromatic N) is 1. The molecule has 4 nitrogen and oxygen atoms in total. The number of methoxy groups -OCH3 is 1. The maximum atomic E-state index is 13.4. The molecule has 2 aromatic rings. The van der Waals surface area contributed by atoms with E-state index in [9.17, 15) is 4.39 Å². The molecule has 5 heteroatoms. The maximum Gasteiger partial charge on any atom is 0.125 e. The van der Waals surface area contributed by atoms with Gasteiger partial charge in [0.05, 0.1) is 25.4 Å². The molecule has 4 rings (SSSR count). The molecule has 0 aliphatic carbocycles. The normalized spacial score (nSPS) is 25.7. The topological polar surface area (TPSA) is 33.7 Å². The van der Waals surface area contributed by atoms with Crippen LogP contribution in [0.4, 0.5) is 10.1 Å². The first-order valence-electron chi connectivity index (χ1n) is 9.15. The monoisotopic (exact) mass is 356 g/mol. The van der Waals surface area contributed by atoms with E-state index in [1.165, 1.54) is 17.7 Å². The summed E-state index contributed by atoms with van der Waals surface area (Å²) in [6, 6.07) is 15.1. The van der Waals surface area contributed by atoms with Gasteiger partial charge in [0.1, 0.15) is 11.6 Å². The Hall–Kier alpha value is -2.11. The first kappa shape index (κ1) is 17.3. The van der Waals surface area contributed by atoms with Crippen molar-refractivity contribution < 1.29 is 13.9 Å². The molecule has 0 radical (unpaired) electrons. The molecule has 26 heavy (non-hydrogen) atoms. The second kappa shape index (κ2) is 7.25. The molecule has 0 amide bonds. The summed E-state index contributed by atoms with van der Waals surface area (Å²) in [4.78, 5) is 2.45. The minimum Gasteiger partial charge on any atom is -0.497 e. The first-order chi connectivity index (χ1) is 12.6. The highest BCUT2D eigenvalue weighted by Crippen LogP contribution is 2.36.